The molecule has 0 aliphatic carbocycles. The number of nitrogens with one attached hydrogen (secondary N) is 2. The molecule has 11 heavy (non-hydrogen) atoms. The summed E-state index contributed by atoms with van der Waals surface area (Å²) in [5.41, 5.74) is 2.43. The van der Waals surface area contributed by atoms with Gasteiger partial charge < -0.3 is 0 Å². The molecule has 0 fully saturated rings. The van der Waals surface area contributed by atoms with Crippen LogP contribution in [0.2, 0.25) is 0 Å². The number of hydrogen-bond donors (Lipinski definition) is 3. The van der Waals surface area contributed by atoms with Gasteiger partial charge in [-0.15, -0.1) is 9.89 Å². The SMILES string of the molecule is N=c1ccc(C=O)nn1NN. The van der Waals surface area contributed by atoms with Crippen LogP contribution in [0.1, 0.15) is 10.5 Å². The Morgan fingerprint density at radius 2 is 2.45 bits per heavy atom. The zero-order valence-corrected chi connectivity index (χ0v) is 5.61. The Hall–Kier alpha value is -1.69. The van der Waals surface area contributed by atoms with Gasteiger partial charge in [0, 0.05) is 0 Å². The number of rotatable bonds is 2. The van der Waals surface area contributed by atoms with E-state index in [1.165, 1.54) is 12.1 Å². The third kappa shape index (κ3) is 1.41. The number of hydrogen-bond acceptors (Lipinski definition) is 5. The highest BCUT2D eigenvalue weighted by Gasteiger charge is 1.93. The molecule has 1 rings (SSSR count). The van der Waals surface area contributed by atoms with Gasteiger partial charge in [0.1, 0.15) is 5.69 Å². The van der Waals surface area contributed by atoms with E-state index < -0.39 is 0 Å². The largest absolute Gasteiger partial charge is 0.296 e. The van der Waals surface area contributed by atoms with Crippen molar-refractivity contribution in [1.29, 1.82) is 5.41 Å². The Balaban J connectivity index is 3.23. The summed E-state index contributed by atoms with van der Waals surface area (Å²) in [6.45, 7) is 0. The highest BCUT2D eigenvalue weighted by atomic mass is 16.1. The molecule has 0 atom stereocenters. The van der Waals surface area contributed by atoms with Gasteiger partial charge in [-0.05, 0) is 12.1 Å². The van der Waals surface area contributed by atoms with Crippen LogP contribution in [0.4, 0.5) is 0 Å². The molecule has 1 aromatic heterocycles. The molecule has 0 aromatic carbocycles. The number of aromatic nitrogens is 2. The molecule has 4 N–H and O–H groups in total. The number of carbonyl (C=O) groups excluding carboxylic acids is 1. The van der Waals surface area contributed by atoms with Gasteiger partial charge in [0.2, 0.25) is 0 Å². The van der Waals surface area contributed by atoms with Crippen molar-refractivity contribution in [1.82, 2.24) is 9.89 Å². The Kier molecular flexibility index (Phi) is 1.98. The maximum Gasteiger partial charge on any atom is 0.170 e. The Morgan fingerprint density at radius 3 is 3.00 bits per heavy atom. The second-order valence-corrected chi connectivity index (χ2v) is 1.80. The maximum atomic E-state index is 10.2. The van der Waals surface area contributed by atoms with Crippen molar-refractivity contribution in [3.05, 3.63) is 23.3 Å². The monoisotopic (exact) mass is 153 g/mol. The van der Waals surface area contributed by atoms with Crippen LogP contribution in [0.3, 0.4) is 0 Å². The van der Waals surface area contributed by atoms with Gasteiger partial charge in [-0.2, -0.15) is 0 Å². The molecule has 1 heterocycles. The van der Waals surface area contributed by atoms with E-state index >= 15 is 0 Å². The van der Waals surface area contributed by atoms with Crippen molar-refractivity contribution < 1.29 is 4.79 Å². The van der Waals surface area contributed by atoms with Crippen molar-refractivity contribution >= 4 is 6.29 Å². The minimum absolute atomic E-state index is 0.0816. The summed E-state index contributed by atoms with van der Waals surface area (Å²) in [5, 5.41) is 10.8. The zero-order valence-electron chi connectivity index (χ0n) is 5.61. The van der Waals surface area contributed by atoms with E-state index in [1.807, 2.05) is 0 Å². The van der Waals surface area contributed by atoms with Crippen LogP contribution in [0, 0.1) is 5.41 Å². The fourth-order valence-corrected chi connectivity index (χ4v) is 0.599. The van der Waals surface area contributed by atoms with Crippen LogP contribution in [-0.4, -0.2) is 16.2 Å². The third-order valence-electron chi connectivity index (χ3n) is 1.10. The first-order valence-corrected chi connectivity index (χ1v) is 2.84. The summed E-state index contributed by atoms with van der Waals surface area (Å²) in [6.07, 6.45) is 0.577. The van der Waals surface area contributed by atoms with Gasteiger partial charge in [-0.1, -0.05) is 0 Å². The first-order valence-electron chi connectivity index (χ1n) is 2.84. The summed E-state index contributed by atoms with van der Waals surface area (Å²) in [5.74, 6) is 4.99. The third-order valence-corrected chi connectivity index (χ3v) is 1.10. The van der Waals surface area contributed by atoms with E-state index in [1.54, 1.807) is 0 Å². The van der Waals surface area contributed by atoms with Crippen LogP contribution in [0.5, 0.6) is 0 Å². The smallest absolute Gasteiger partial charge is 0.170 e. The number of carbonyl (C=O) groups is 1. The number of nitrogen functional groups attached to an aromatic ring is 1. The number of nitrogens with two attached hydrogens (primary N) is 1. The lowest BCUT2D eigenvalue weighted by Gasteiger charge is -2.01. The summed E-state index contributed by atoms with van der Waals surface area (Å²) in [7, 11) is 0. The first kappa shape index (κ1) is 7.42. The molecular weight excluding hydrogens is 146 g/mol. The predicted molar refractivity (Wildman–Crippen MR) is 37.0 cm³/mol. The Morgan fingerprint density at radius 1 is 1.73 bits per heavy atom. The van der Waals surface area contributed by atoms with E-state index in [2.05, 4.69) is 10.6 Å². The second-order valence-electron chi connectivity index (χ2n) is 1.80. The van der Waals surface area contributed by atoms with Crippen molar-refractivity contribution in [2.24, 2.45) is 5.84 Å². The van der Waals surface area contributed by atoms with E-state index in [-0.39, 0.29) is 11.2 Å². The summed E-state index contributed by atoms with van der Waals surface area (Å²) in [6, 6.07) is 2.85. The van der Waals surface area contributed by atoms with Gasteiger partial charge in [0.15, 0.2) is 11.8 Å². The van der Waals surface area contributed by atoms with Gasteiger partial charge in [0.25, 0.3) is 0 Å². The molecule has 0 bridgehead atoms. The quantitative estimate of drug-likeness (QED) is 0.276. The lowest BCUT2D eigenvalue weighted by Crippen LogP contribution is -2.35. The Labute approximate surface area is 62.1 Å². The fraction of sp³-hybridized carbons (Fsp3) is 0. The minimum Gasteiger partial charge on any atom is -0.296 e. The predicted octanol–water partition coefficient (Wildman–Crippen LogP) is -1.41. The fourth-order valence-electron chi connectivity index (χ4n) is 0.599. The molecule has 0 saturated heterocycles. The molecule has 0 aliphatic rings. The van der Waals surface area contributed by atoms with Gasteiger partial charge in [-0.25, -0.2) is 11.4 Å². The minimum atomic E-state index is 0.0816. The summed E-state index contributed by atoms with van der Waals surface area (Å²) < 4.78 is 0. The number of hydrazine groups is 1. The lowest BCUT2D eigenvalue weighted by molar-refractivity contribution is 0.111. The Bertz CT molecular complexity index is 317. The van der Waals surface area contributed by atoms with E-state index in [0.29, 0.717) is 6.29 Å². The number of nitrogens with zero attached hydrogens (tertiary/aromatic N) is 2. The van der Waals surface area contributed by atoms with Crippen molar-refractivity contribution in [2.45, 2.75) is 0 Å². The number of aldehydes is 1. The van der Waals surface area contributed by atoms with E-state index in [4.69, 9.17) is 11.3 Å². The van der Waals surface area contributed by atoms with Crippen LogP contribution in [0.25, 0.3) is 0 Å². The highest BCUT2D eigenvalue weighted by molar-refractivity contribution is 5.70. The molecule has 0 saturated carbocycles. The van der Waals surface area contributed by atoms with Crippen molar-refractivity contribution in [3.63, 3.8) is 0 Å². The van der Waals surface area contributed by atoms with Crippen molar-refractivity contribution in [3.8, 4) is 0 Å². The molecule has 6 heteroatoms. The topological polar surface area (TPSA) is 96.8 Å². The van der Waals surface area contributed by atoms with Crippen LogP contribution in [0.15, 0.2) is 12.1 Å². The standard InChI is InChI=1S/C5H7N5O/c6-5-2-1-4(3-11)8-10(5)9-7/h1-3,6,9H,7H2. The average Bonchev–Trinajstić information content (AvgIpc) is 2.05. The molecule has 0 spiro atoms. The molecule has 6 nitrogen and oxygen atoms in total. The zero-order chi connectivity index (χ0) is 8.27. The van der Waals surface area contributed by atoms with Gasteiger partial charge >= 0.3 is 0 Å². The summed E-state index contributed by atoms with van der Waals surface area (Å²) >= 11 is 0. The van der Waals surface area contributed by atoms with Crippen molar-refractivity contribution in [2.75, 3.05) is 5.53 Å². The molecule has 58 valence electrons. The molecule has 0 unspecified atom stereocenters. The molecule has 0 amide bonds. The van der Waals surface area contributed by atoms with Crippen LogP contribution < -0.4 is 16.9 Å². The van der Waals surface area contributed by atoms with Gasteiger partial charge in [-0.3, -0.25) is 10.2 Å². The van der Waals surface area contributed by atoms with E-state index in [0.717, 1.165) is 4.79 Å². The lowest BCUT2D eigenvalue weighted by atomic mass is 10.4. The molecule has 1 aromatic rings. The summed E-state index contributed by atoms with van der Waals surface area (Å²) in [4.78, 5) is 11.2. The van der Waals surface area contributed by atoms with E-state index in [9.17, 15) is 4.79 Å². The van der Waals surface area contributed by atoms with Crippen LogP contribution >= 0.6 is 0 Å². The normalized spacial score (nSPS) is 9.18. The second kappa shape index (κ2) is 2.93. The van der Waals surface area contributed by atoms with Gasteiger partial charge in [0.05, 0.1) is 0 Å². The highest BCUT2D eigenvalue weighted by Crippen LogP contribution is 1.80. The molecular formula is C5H7N5O. The van der Waals surface area contributed by atoms with Crippen LogP contribution in [-0.2, 0) is 0 Å². The maximum absolute atomic E-state index is 10.2. The average molecular weight is 153 g/mol. The first-order chi connectivity index (χ1) is 5.27. The molecule has 0 aliphatic heterocycles. The molecule has 0 radical (unpaired) electrons.